The van der Waals surface area contributed by atoms with Crippen LogP contribution >= 0.6 is 15.9 Å². The maximum absolute atomic E-state index is 14.3. The number of hydrogen-bond donors (Lipinski definition) is 2. The molecule has 0 saturated carbocycles. The molecule has 8 heteroatoms. The van der Waals surface area contributed by atoms with Crippen molar-refractivity contribution < 1.29 is 17.5 Å². The van der Waals surface area contributed by atoms with E-state index in [4.69, 9.17) is 4.74 Å². The summed E-state index contributed by atoms with van der Waals surface area (Å²) in [6.07, 6.45) is 0. The Morgan fingerprint density at radius 3 is 2.67 bits per heavy atom. The van der Waals surface area contributed by atoms with Crippen LogP contribution < -0.4 is 10.0 Å². The van der Waals surface area contributed by atoms with Crippen LogP contribution in [0.1, 0.15) is 19.4 Å². The molecule has 1 rings (SSSR count). The van der Waals surface area contributed by atoms with Gasteiger partial charge in [0.25, 0.3) is 0 Å². The van der Waals surface area contributed by atoms with Crippen LogP contribution in [0.25, 0.3) is 0 Å². The van der Waals surface area contributed by atoms with E-state index in [1.54, 1.807) is 6.07 Å². The van der Waals surface area contributed by atoms with E-state index in [0.717, 1.165) is 0 Å². The first-order valence-corrected chi connectivity index (χ1v) is 8.96. The summed E-state index contributed by atoms with van der Waals surface area (Å²) in [6.45, 7) is 5.49. The molecular formula is C13H20BrFN2O3S. The summed E-state index contributed by atoms with van der Waals surface area (Å²) in [4.78, 5) is -0.360. The summed E-state index contributed by atoms with van der Waals surface area (Å²) in [5.41, 5.74) is 0.302. The highest BCUT2D eigenvalue weighted by atomic mass is 79.9. The first-order chi connectivity index (χ1) is 9.92. The molecule has 0 atom stereocenters. The molecule has 120 valence electrons. The first kappa shape index (κ1) is 18.5. The molecule has 0 fully saturated rings. The molecule has 0 aromatic heterocycles. The van der Waals surface area contributed by atoms with Crippen molar-refractivity contribution in [3.05, 3.63) is 28.0 Å². The van der Waals surface area contributed by atoms with Gasteiger partial charge < -0.3 is 10.1 Å². The maximum atomic E-state index is 14.3. The highest BCUT2D eigenvalue weighted by Gasteiger charge is 2.21. The Labute approximate surface area is 133 Å². The predicted octanol–water partition coefficient (Wildman–Crippen LogP) is 2.01. The van der Waals surface area contributed by atoms with Gasteiger partial charge in [0, 0.05) is 29.7 Å². The zero-order chi connectivity index (χ0) is 15.9. The predicted molar refractivity (Wildman–Crippen MR) is 83.2 cm³/mol. The fourth-order valence-electron chi connectivity index (χ4n) is 1.67. The number of halogens is 2. The van der Waals surface area contributed by atoms with E-state index >= 15 is 0 Å². The Balaban J connectivity index is 2.97. The van der Waals surface area contributed by atoms with E-state index in [9.17, 15) is 12.8 Å². The molecule has 1 aromatic rings. The minimum absolute atomic E-state index is 0.102. The fraction of sp³-hybridized carbons (Fsp3) is 0.538. The van der Waals surface area contributed by atoms with Gasteiger partial charge in [-0.25, -0.2) is 17.5 Å². The van der Waals surface area contributed by atoms with E-state index in [1.165, 1.54) is 6.07 Å². The molecule has 0 unspecified atom stereocenters. The van der Waals surface area contributed by atoms with Crippen LogP contribution in [0.4, 0.5) is 4.39 Å². The monoisotopic (exact) mass is 382 g/mol. The minimum atomic E-state index is -3.90. The minimum Gasteiger partial charge on any atom is -0.380 e. The molecule has 0 saturated heterocycles. The van der Waals surface area contributed by atoms with Gasteiger partial charge in [-0.15, -0.1) is 0 Å². The second-order valence-electron chi connectivity index (χ2n) is 4.25. The molecule has 1 aromatic carbocycles. The lowest BCUT2D eigenvalue weighted by molar-refractivity contribution is 0.153. The summed E-state index contributed by atoms with van der Waals surface area (Å²) >= 11 is 3.21. The Kier molecular flexibility index (Phi) is 7.75. The van der Waals surface area contributed by atoms with Crippen LogP contribution in [0, 0.1) is 5.82 Å². The van der Waals surface area contributed by atoms with Crippen molar-refractivity contribution >= 4 is 26.0 Å². The van der Waals surface area contributed by atoms with Crippen molar-refractivity contribution in [3.8, 4) is 0 Å². The van der Waals surface area contributed by atoms with Gasteiger partial charge in [-0.05, 0) is 25.6 Å². The highest BCUT2D eigenvalue weighted by Crippen LogP contribution is 2.24. The van der Waals surface area contributed by atoms with Crippen LogP contribution in [0.3, 0.4) is 0 Å². The van der Waals surface area contributed by atoms with E-state index in [-0.39, 0.29) is 24.6 Å². The zero-order valence-corrected chi connectivity index (χ0v) is 14.5. The van der Waals surface area contributed by atoms with Gasteiger partial charge >= 0.3 is 0 Å². The van der Waals surface area contributed by atoms with E-state index in [0.29, 0.717) is 23.2 Å². The molecule has 0 radical (unpaired) electrons. The SMILES string of the molecule is CCNCc1cc(Br)cc(S(=O)(=O)NCCOCC)c1F. The molecule has 0 aliphatic heterocycles. The molecule has 0 aliphatic carbocycles. The number of rotatable bonds is 9. The summed E-state index contributed by atoms with van der Waals surface area (Å²) < 4.78 is 46.5. The van der Waals surface area contributed by atoms with Crippen molar-refractivity contribution in [1.82, 2.24) is 10.0 Å². The Morgan fingerprint density at radius 2 is 2.05 bits per heavy atom. The van der Waals surface area contributed by atoms with Crippen molar-refractivity contribution in [2.75, 3.05) is 26.3 Å². The number of benzene rings is 1. The zero-order valence-electron chi connectivity index (χ0n) is 12.1. The fourth-order valence-corrected chi connectivity index (χ4v) is 3.49. The quantitative estimate of drug-likeness (QED) is 0.641. The molecule has 0 amide bonds. The third-order valence-corrected chi connectivity index (χ3v) is 4.60. The van der Waals surface area contributed by atoms with Crippen LogP contribution in [-0.2, 0) is 21.3 Å². The summed E-state index contributed by atoms with van der Waals surface area (Å²) in [6, 6.07) is 2.82. The van der Waals surface area contributed by atoms with Gasteiger partial charge in [0.15, 0.2) is 0 Å². The van der Waals surface area contributed by atoms with E-state index < -0.39 is 15.8 Å². The van der Waals surface area contributed by atoms with Crippen molar-refractivity contribution in [2.45, 2.75) is 25.3 Å². The van der Waals surface area contributed by atoms with Gasteiger partial charge in [0.1, 0.15) is 10.7 Å². The van der Waals surface area contributed by atoms with Gasteiger partial charge in [0.2, 0.25) is 10.0 Å². The standard InChI is InChI=1S/C13H20BrFN2O3S/c1-3-16-9-10-7-11(14)8-12(13(10)15)21(18,19)17-5-6-20-4-2/h7-8,16-17H,3-6,9H2,1-2H3. The number of nitrogens with one attached hydrogen (secondary N) is 2. The Bertz CT molecular complexity index is 567. The molecule has 2 N–H and O–H groups in total. The van der Waals surface area contributed by atoms with Crippen LogP contribution in [-0.4, -0.2) is 34.7 Å². The second kappa shape index (κ2) is 8.79. The molecular weight excluding hydrogens is 363 g/mol. The largest absolute Gasteiger partial charge is 0.380 e. The summed E-state index contributed by atoms with van der Waals surface area (Å²) in [7, 11) is -3.90. The van der Waals surface area contributed by atoms with Gasteiger partial charge in [0.05, 0.1) is 6.61 Å². The molecule has 0 heterocycles. The normalized spacial score (nSPS) is 11.8. The molecule has 0 aliphatic rings. The maximum Gasteiger partial charge on any atom is 0.243 e. The first-order valence-electron chi connectivity index (χ1n) is 6.68. The van der Waals surface area contributed by atoms with Crippen molar-refractivity contribution in [3.63, 3.8) is 0 Å². The highest BCUT2D eigenvalue weighted by molar-refractivity contribution is 9.10. The second-order valence-corrected chi connectivity index (χ2v) is 6.90. The molecule has 21 heavy (non-hydrogen) atoms. The molecule has 0 bridgehead atoms. The van der Waals surface area contributed by atoms with Gasteiger partial charge in [-0.2, -0.15) is 0 Å². The van der Waals surface area contributed by atoms with Gasteiger partial charge in [-0.1, -0.05) is 22.9 Å². The van der Waals surface area contributed by atoms with Crippen LogP contribution in [0.15, 0.2) is 21.5 Å². The smallest absolute Gasteiger partial charge is 0.243 e. The third kappa shape index (κ3) is 5.63. The molecule has 0 spiro atoms. The number of ether oxygens (including phenoxy) is 1. The van der Waals surface area contributed by atoms with E-state index in [2.05, 4.69) is 26.0 Å². The Hall–Kier alpha value is -0.540. The third-order valence-electron chi connectivity index (χ3n) is 2.68. The Morgan fingerprint density at radius 1 is 1.33 bits per heavy atom. The van der Waals surface area contributed by atoms with E-state index in [1.807, 2.05) is 13.8 Å². The summed E-state index contributed by atoms with van der Waals surface area (Å²) in [5.74, 6) is -0.733. The van der Waals surface area contributed by atoms with Gasteiger partial charge in [-0.3, -0.25) is 0 Å². The molecule has 5 nitrogen and oxygen atoms in total. The topological polar surface area (TPSA) is 67.4 Å². The van der Waals surface area contributed by atoms with Crippen LogP contribution in [0.2, 0.25) is 0 Å². The summed E-state index contributed by atoms with van der Waals surface area (Å²) in [5, 5.41) is 2.98. The number of hydrogen-bond acceptors (Lipinski definition) is 4. The van der Waals surface area contributed by atoms with Crippen LogP contribution in [0.5, 0.6) is 0 Å². The lowest BCUT2D eigenvalue weighted by atomic mass is 10.2. The van der Waals surface area contributed by atoms with Crippen molar-refractivity contribution in [1.29, 1.82) is 0 Å². The average molecular weight is 383 g/mol. The van der Waals surface area contributed by atoms with Crippen molar-refractivity contribution in [2.24, 2.45) is 0 Å². The number of sulfonamides is 1. The lowest BCUT2D eigenvalue weighted by Crippen LogP contribution is -2.28. The average Bonchev–Trinajstić information content (AvgIpc) is 2.44. The lowest BCUT2D eigenvalue weighted by Gasteiger charge is -2.12.